The van der Waals surface area contributed by atoms with E-state index >= 15 is 0 Å². The zero-order chi connectivity index (χ0) is 19.1. The monoisotopic (exact) mass is 391 g/mol. The van der Waals surface area contributed by atoms with E-state index in [0.717, 1.165) is 24.2 Å². The molecule has 3 aromatic rings. The van der Waals surface area contributed by atoms with Crippen molar-refractivity contribution in [3.8, 4) is 22.8 Å². The summed E-state index contributed by atoms with van der Waals surface area (Å²) in [7, 11) is -3.71. The average molecular weight is 391 g/mol. The van der Waals surface area contributed by atoms with Crippen molar-refractivity contribution in [1.29, 1.82) is 0 Å². The van der Waals surface area contributed by atoms with Gasteiger partial charge in [-0.2, -0.15) is 8.42 Å². The van der Waals surface area contributed by atoms with Crippen molar-refractivity contribution in [2.24, 2.45) is 4.40 Å². The molecule has 5 rings (SSSR count). The van der Waals surface area contributed by atoms with Gasteiger partial charge in [-0.1, -0.05) is 18.2 Å². The highest BCUT2D eigenvalue weighted by molar-refractivity contribution is 7.90. The van der Waals surface area contributed by atoms with Gasteiger partial charge in [-0.3, -0.25) is 4.98 Å². The summed E-state index contributed by atoms with van der Waals surface area (Å²) in [6.45, 7) is 0.785. The summed E-state index contributed by atoms with van der Waals surface area (Å²) < 4.78 is 35.1. The quantitative estimate of drug-likeness (QED) is 0.668. The molecule has 6 nitrogen and oxygen atoms in total. The van der Waals surface area contributed by atoms with E-state index in [0.29, 0.717) is 29.4 Å². The van der Waals surface area contributed by atoms with E-state index in [1.165, 1.54) is 0 Å². The van der Waals surface area contributed by atoms with Crippen LogP contribution in [0, 0.1) is 0 Å². The SMILES string of the molecule is O=S1(=O)N=C2CCCN2c2ccc(Oc3cccc(-c4ccccn4)c3)cc21. The van der Waals surface area contributed by atoms with Crippen LogP contribution in [0.2, 0.25) is 0 Å². The number of amidine groups is 1. The second-order valence-corrected chi connectivity index (χ2v) is 8.28. The van der Waals surface area contributed by atoms with Crippen molar-refractivity contribution >= 4 is 21.5 Å². The van der Waals surface area contributed by atoms with Gasteiger partial charge >= 0.3 is 0 Å². The maximum absolute atomic E-state index is 12.6. The number of hydrogen-bond donors (Lipinski definition) is 0. The Labute approximate surface area is 163 Å². The predicted octanol–water partition coefficient (Wildman–Crippen LogP) is 4.24. The Hall–Kier alpha value is -3.19. The topological polar surface area (TPSA) is 71.9 Å². The van der Waals surface area contributed by atoms with Crippen molar-refractivity contribution in [3.63, 3.8) is 0 Å². The summed E-state index contributed by atoms with van der Waals surface area (Å²) in [5.41, 5.74) is 2.45. The lowest BCUT2D eigenvalue weighted by atomic mass is 10.1. The Kier molecular flexibility index (Phi) is 3.91. The maximum atomic E-state index is 12.6. The second kappa shape index (κ2) is 6.45. The number of anilines is 1. The molecule has 0 radical (unpaired) electrons. The lowest BCUT2D eigenvalue weighted by molar-refractivity contribution is 0.481. The van der Waals surface area contributed by atoms with Gasteiger partial charge in [0.15, 0.2) is 0 Å². The number of ether oxygens (including phenoxy) is 1. The molecule has 28 heavy (non-hydrogen) atoms. The minimum atomic E-state index is -3.71. The minimum absolute atomic E-state index is 0.191. The van der Waals surface area contributed by atoms with Crippen molar-refractivity contribution in [2.75, 3.05) is 11.4 Å². The molecule has 2 aliphatic heterocycles. The van der Waals surface area contributed by atoms with Crippen molar-refractivity contribution in [1.82, 2.24) is 4.98 Å². The fourth-order valence-corrected chi connectivity index (χ4v) is 4.85. The molecular formula is C21H17N3O3S. The summed E-state index contributed by atoms with van der Waals surface area (Å²) >= 11 is 0. The molecule has 0 amide bonds. The standard InChI is InChI=1S/C21H17N3O3S/c25-28(26)20-14-17(9-10-19(20)24-12-4-8-21(24)23-28)27-16-6-3-5-15(13-16)18-7-1-2-11-22-18/h1-3,5-7,9-11,13-14H,4,8,12H2. The van der Waals surface area contributed by atoms with Crippen LogP contribution in [-0.4, -0.2) is 25.8 Å². The molecule has 0 bridgehead atoms. The molecule has 1 fully saturated rings. The van der Waals surface area contributed by atoms with E-state index in [-0.39, 0.29) is 4.90 Å². The Balaban J connectivity index is 1.49. The third-order valence-corrected chi connectivity index (χ3v) is 6.18. The number of sulfonamides is 1. The van der Waals surface area contributed by atoms with Crippen LogP contribution in [0.5, 0.6) is 11.5 Å². The van der Waals surface area contributed by atoms with Crippen molar-refractivity contribution < 1.29 is 13.2 Å². The molecule has 140 valence electrons. The summed E-state index contributed by atoms with van der Waals surface area (Å²) in [4.78, 5) is 6.51. The molecule has 0 saturated carbocycles. The Bertz CT molecular complexity index is 1190. The van der Waals surface area contributed by atoms with Crippen LogP contribution in [0.25, 0.3) is 11.3 Å². The fraction of sp³-hybridized carbons (Fsp3) is 0.143. The normalized spacial score (nSPS) is 16.9. The highest BCUT2D eigenvalue weighted by Crippen LogP contribution is 2.38. The van der Waals surface area contributed by atoms with Gasteiger partial charge in [-0.05, 0) is 42.8 Å². The van der Waals surface area contributed by atoms with E-state index in [9.17, 15) is 8.42 Å². The first kappa shape index (κ1) is 16.9. The number of pyridine rings is 1. The van der Waals surface area contributed by atoms with E-state index in [1.54, 1.807) is 24.4 Å². The second-order valence-electron chi connectivity index (χ2n) is 6.71. The molecule has 7 heteroatoms. The van der Waals surface area contributed by atoms with Gasteiger partial charge in [0.25, 0.3) is 10.0 Å². The van der Waals surface area contributed by atoms with Crippen molar-refractivity contribution in [3.05, 3.63) is 66.9 Å². The smallest absolute Gasteiger partial charge is 0.286 e. The number of hydrogen-bond acceptors (Lipinski definition) is 5. The molecule has 0 atom stereocenters. The van der Waals surface area contributed by atoms with Crippen LogP contribution < -0.4 is 9.64 Å². The van der Waals surface area contributed by atoms with Gasteiger partial charge in [0, 0.05) is 30.8 Å². The fourth-order valence-electron chi connectivity index (χ4n) is 3.58. The largest absolute Gasteiger partial charge is 0.457 e. The molecule has 1 saturated heterocycles. The van der Waals surface area contributed by atoms with Gasteiger partial charge < -0.3 is 9.64 Å². The van der Waals surface area contributed by atoms with E-state index < -0.39 is 10.0 Å². The van der Waals surface area contributed by atoms with Crippen LogP contribution in [0.15, 0.2) is 76.2 Å². The van der Waals surface area contributed by atoms with Gasteiger partial charge in [0.05, 0.1) is 11.4 Å². The van der Waals surface area contributed by atoms with Gasteiger partial charge in [-0.25, -0.2) is 0 Å². The molecule has 0 aliphatic carbocycles. The minimum Gasteiger partial charge on any atom is -0.457 e. The third kappa shape index (κ3) is 2.93. The first-order valence-electron chi connectivity index (χ1n) is 9.05. The van der Waals surface area contributed by atoms with Gasteiger partial charge in [-0.15, -0.1) is 4.40 Å². The number of aromatic nitrogens is 1. The Morgan fingerprint density at radius 2 is 1.86 bits per heavy atom. The molecule has 0 N–H and O–H groups in total. The van der Waals surface area contributed by atoms with Crippen molar-refractivity contribution in [2.45, 2.75) is 17.7 Å². The summed E-state index contributed by atoms with van der Waals surface area (Å²) in [6.07, 6.45) is 3.34. The number of rotatable bonds is 3. The molecule has 0 unspecified atom stereocenters. The lowest BCUT2D eigenvalue weighted by Crippen LogP contribution is -2.30. The average Bonchev–Trinajstić information content (AvgIpc) is 3.16. The van der Waals surface area contributed by atoms with E-state index in [1.807, 2.05) is 47.4 Å². The maximum Gasteiger partial charge on any atom is 0.286 e. The highest BCUT2D eigenvalue weighted by atomic mass is 32.2. The lowest BCUT2D eigenvalue weighted by Gasteiger charge is -2.25. The van der Waals surface area contributed by atoms with Crippen LogP contribution in [0.4, 0.5) is 5.69 Å². The Morgan fingerprint density at radius 1 is 0.964 bits per heavy atom. The summed E-state index contributed by atoms with van der Waals surface area (Å²) in [5, 5.41) is 0. The third-order valence-electron chi connectivity index (χ3n) is 4.85. The van der Waals surface area contributed by atoms with Gasteiger partial charge in [0.1, 0.15) is 22.2 Å². The molecule has 0 spiro atoms. The number of fused-ring (bicyclic) bond motifs is 3. The molecular weight excluding hydrogens is 374 g/mol. The zero-order valence-electron chi connectivity index (χ0n) is 14.9. The zero-order valence-corrected chi connectivity index (χ0v) is 15.8. The summed E-state index contributed by atoms with van der Waals surface area (Å²) in [5.74, 6) is 1.70. The molecule has 2 aromatic carbocycles. The highest BCUT2D eigenvalue weighted by Gasteiger charge is 2.33. The van der Waals surface area contributed by atoms with Crippen LogP contribution in [0.1, 0.15) is 12.8 Å². The predicted molar refractivity (Wildman–Crippen MR) is 107 cm³/mol. The van der Waals surface area contributed by atoms with Crippen LogP contribution in [-0.2, 0) is 10.0 Å². The van der Waals surface area contributed by atoms with Crippen LogP contribution >= 0.6 is 0 Å². The first-order chi connectivity index (χ1) is 13.6. The van der Waals surface area contributed by atoms with Crippen LogP contribution in [0.3, 0.4) is 0 Å². The number of benzene rings is 2. The Morgan fingerprint density at radius 3 is 2.71 bits per heavy atom. The summed E-state index contributed by atoms with van der Waals surface area (Å²) in [6, 6.07) is 18.4. The number of nitrogens with zero attached hydrogens (tertiary/aromatic N) is 3. The molecule has 1 aromatic heterocycles. The van der Waals surface area contributed by atoms with E-state index in [2.05, 4.69) is 9.38 Å². The van der Waals surface area contributed by atoms with E-state index in [4.69, 9.17) is 4.74 Å². The first-order valence-corrected chi connectivity index (χ1v) is 10.5. The molecule has 3 heterocycles. The molecule has 2 aliphatic rings. The van der Waals surface area contributed by atoms with Gasteiger partial charge in [0.2, 0.25) is 0 Å².